The Morgan fingerprint density at radius 2 is 2.27 bits per heavy atom. The maximum Gasteiger partial charge on any atom is 0.0447 e. The van der Waals surface area contributed by atoms with Gasteiger partial charge in [-0.3, -0.25) is 0 Å². The number of halogens is 1. The number of thioether (sulfide) groups is 1. The molecule has 11 heavy (non-hydrogen) atoms. The van der Waals surface area contributed by atoms with E-state index in [4.69, 9.17) is 17.3 Å². The SMILES string of the molecule is CSCc1cc(N)ccc1Cl. The smallest absolute Gasteiger partial charge is 0.0447 e. The first kappa shape index (κ1) is 8.75. The second kappa shape index (κ2) is 3.88. The third-order valence-corrected chi connectivity index (χ3v) is 2.34. The maximum absolute atomic E-state index is 5.91. The minimum Gasteiger partial charge on any atom is -0.399 e. The average Bonchev–Trinajstić information content (AvgIpc) is 1.98. The molecule has 1 aromatic rings. The lowest BCUT2D eigenvalue weighted by atomic mass is 10.2. The molecule has 1 nitrogen and oxygen atoms in total. The molecular weight excluding hydrogens is 178 g/mol. The van der Waals surface area contributed by atoms with Gasteiger partial charge in [0.2, 0.25) is 0 Å². The van der Waals surface area contributed by atoms with Crippen molar-refractivity contribution in [2.75, 3.05) is 12.0 Å². The van der Waals surface area contributed by atoms with E-state index in [1.807, 2.05) is 24.5 Å². The summed E-state index contributed by atoms with van der Waals surface area (Å²) in [5, 5.41) is 0.800. The fourth-order valence-electron chi connectivity index (χ4n) is 0.861. The molecule has 0 saturated heterocycles. The molecule has 0 atom stereocenters. The van der Waals surface area contributed by atoms with Gasteiger partial charge in [-0.25, -0.2) is 0 Å². The molecule has 0 bridgehead atoms. The standard InChI is InChI=1S/C8H10ClNS/c1-11-5-6-4-7(10)2-3-8(6)9/h2-4H,5,10H2,1H3. The zero-order valence-electron chi connectivity index (χ0n) is 6.30. The summed E-state index contributed by atoms with van der Waals surface area (Å²) >= 11 is 7.64. The van der Waals surface area contributed by atoms with E-state index in [1.165, 1.54) is 0 Å². The lowest BCUT2D eigenvalue weighted by Gasteiger charge is -2.02. The largest absolute Gasteiger partial charge is 0.399 e. The van der Waals surface area contributed by atoms with Gasteiger partial charge in [0.05, 0.1) is 0 Å². The molecule has 1 rings (SSSR count). The molecule has 0 aliphatic carbocycles. The number of benzene rings is 1. The van der Waals surface area contributed by atoms with Crippen LogP contribution in [0.4, 0.5) is 5.69 Å². The molecule has 0 spiro atoms. The number of nitrogen functional groups attached to an aromatic ring is 1. The number of anilines is 1. The van der Waals surface area contributed by atoms with Crippen LogP contribution in [0.5, 0.6) is 0 Å². The van der Waals surface area contributed by atoms with Crippen molar-refractivity contribution in [3.8, 4) is 0 Å². The summed E-state index contributed by atoms with van der Waals surface area (Å²) in [7, 11) is 0. The van der Waals surface area contributed by atoms with Crippen LogP contribution < -0.4 is 5.73 Å². The van der Waals surface area contributed by atoms with Crippen LogP contribution in [0.15, 0.2) is 18.2 Å². The van der Waals surface area contributed by atoms with E-state index in [-0.39, 0.29) is 0 Å². The molecule has 60 valence electrons. The van der Waals surface area contributed by atoms with Crippen molar-refractivity contribution >= 4 is 29.1 Å². The molecule has 0 aromatic heterocycles. The zero-order valence-corrected chi connectivity index (χ0v) is 7.88. The fraction of sp³-hybridized carbons (Fsp3) is 0.250. The van der Waals surface area contributed by atoms with Gasteiger partial charge in [0.25, 0.3) is 0 Å². The van der Waals surface area contributed by atoms with E-state index in [2.05, 4.69) is 0 Å². The lowest BCUT2D eigenvalue weighted by Crippen LogP contribution is -1.88. The van der Waals surface area contributed by atoms with Crippen molar-refractivity contribution < 1.29 is 0 Å². The zero-order chi connectivity index (χ0) is 8.27. The van der Waals surface area contributed by atoms with Gasteiger partial charge >= 0.3 is 0 Å². The quantitative estimate of drug-likeness (QED) is 0.721. The maximum atomic E-state index is 5.91. The van der Waals surface area contributed by atoms with E-state index < -0.39 is 0 Å². The predicted octanol–water partition coefficient (Wildman–Crippen LogP) is 2.79. The van der Waals surface area contributed by atoms with Gasteiger partial charge in [0.15, 0.2) is 0 Å². The summed E-state index contributed by atoms with van der Waals surface area (Å²) in [5.41, 5.74) is 7.48. The molecule has 0 aliphatic heterocycles. The van der Waals surface area contributed by atoms with Gasteiger partial charge in [-0.05, 0) is 30.0 Å². The van der Waals surface area contributed by atoms with Crippen molar-refractivity contribution in [1.29, 1.82) is 0 Å². The minimum absolute atomic E-state index is 0.776. The summed E-state index contributed by atoms with van der Waals surface area (Å²) in [4.78, 5) is 0. The monoisotopic (exact) mass is 187 g/mol. The molecule has 0 aliphatic rings. The Hall–Kier alpha value is -0.340. The summed E-state index contributed by atoms with van der Waals surface area (Å²) in [6.45, 7) is 0. The summed E-state index contributed by atoms with van der Waals surface area (Å²) in [5.74, 6) is 0.921. The van der Waals surface area contributed by atoms with Gasteiger partial charge in [-0.1, -0.05) is 11.6 Å². The first-order valence-corrected chi connectivity index (χ1v) is 5.04. The normalized spacial score (nSPS) is 10.0. The van der Waals surface area contributed by atoms with Crippen LogP contribution >= 0.6 is 23.4 Å². The predicted molar refractivity (Wildman–Crippen MR) is 53.1 cm³/mol. The van der Waals surface area contributed by atoms with Crippen molar-refractivity contribution in [3.05, 3.63) is 28.8 Å². The van der Waals surface area contributed by atoms with Gasteiger partial charge < -0.3 is 5.73 Å². The Balaban J connectivity index is 2.93. The van der Waals surface area contributed by atoms with Crippen molar-refractivity contribution in [1.82, 2.24) is 0 Å². The Kier molecular flexibility index (Phi) is 3.09. The topological polar surface area (TPSA) is 26.0 Å². The van der Waals surface area contributed by atoms with Crippen molar-refractivity contribution in [2.24, 2.45) is 0 Å². The lowest BCUT2D eigenvalue weighted by molar-refractivity contribution is 1.42. The Bertz CT molecular complexity index is 250. The third-order valence-electron chi connectivity index (χ3n) is 1.37. The molecular formula is C8H10ClNS. The van der Waals surface area contributed by atoms with Gasteiger partial charge in [0, 0.05) is 16.5 Å². The number of nitrogens with two attached hydrogens (primary N) is 1. The second-order valence-corrected chi connectivity index (χ2v) is 3.56. The Morgan fingerprint density at radius 1 is 1.55 bits per heavy atom. The number of rotatable bonds is 2. The highest BCUT2D eigenvalue weighted by atomic mass is 35.5. The second-order valence-electron chi connectivity index (χ2n) is 2.28. The van der Waals surface area contributed by atoms with E-state index in [1.54, 1.807) is 11.8 Å². The van der Waals surface area contributed by atoms with Gasteiger partial charge in [-0.15, -0.1) is 0 Å². The average molecular weight is 188 g/mol. The highest BCUT2D eigenvalue weighted by Crippen LogP contribution is 2.22. The molecule has 0 heterocycles. The summed E-state index contributed by atoms with van der Waals surface area (Å²) in [6, 6.07) is 5.56. The van der Waals surface area contributed by atoms with Crippen LogP contribution in [0.3, 0.4) is 0 Å². The van der Waals surface area contributed by atoms with Crippen molar-refractivity contribution in [3.63, 3.8) is 0 Å². The molecule has 0 fully saturated rings. The molecule has 0 saturated carbocycles. The van der Waals surface area contributed by atoms with Gasteiger partial charge in [0.1, 0.15) is 0 Å². The van der Waals surface area contributed by atoms with Crippen molar-refractivity contribution in [2.45, 2.75) is 5.75 Å². The minimum atomic E-state index is 0.776. The molecule has 1 aromatic carbocycles. The van der Waals surface area contributed by atoms with Crippen LogP contribution in [-0.4, -0.2) is 6.26 Å². The fourth-order valence-corrected chi connectivity index (χ4v) is 1.67. The van der Waals surface area contributed by atoms with E-state index in [0.29, 0.717) is 0 Å². The summed E-state index contributed by atoms with van der Waals surface area (Å²) in [6.07, 6.45) is 2.04. The van der Waals surface area contributed by atoms with Gasteiger partial charge in [-0.2, -0.15) is 11.8 Å². The van der Waals surface area contributed by atoms with E-state index >= 15 is 0 Å². The van der Waals surface area contributed by atoms with Crippen LogP contribution in [0, 0.1) is 0 Å². The van der Waals surface area contributed by atoms with Crippen LogP contribution in [-0.2, 0) is 5.75 Å². The molecule has 3 heteroatoms. The van der Waals surface area contributed by atoms with Crippen LogP contribution in [0.1, 0.15) is 5.56 Å². The van der Waals surface area contributed by atoms with E-state index in [9.17, 15) is 0 Å². The van der Waals surface area contributed by atoms with Crippen LogP contribution in [0.25, 0.3) is 0 Å². The Morgan fingerprint density at radius 3 is 2.91 bits per heavy atom. The summed E-state index contributed by atoms with van der Waals surface area (Å²) < 4.78 is 0. The molecule has 2 N–H and O–H groups in total. The van der Waals surface area contributed by atoms with E-state index in [0.717, 1.165) is 22.0 Å². The first-order chi connectivity index (χ1) is 5.24. The number of hydrogen-bond acceptors (Lipinski definition) is 2. The first-order valence-electron chi connectivity index (χ1n) is 3.27. The molecule has 0 unspecified atom stereocenters. The molecule has 0 amide bonds. The van der Waals surface area contributed by atoms with Crippen LogP contribution in [0.2, 0.25) is 5.02 Å². The molecule has 0 radical (unpaired) electrons. The Labute approximate surface area is 75.9 Å². The number of hydrogen-bond donors (Lipinski definition) is 1. The highest BCUT2D eigenvalue weighted by molar-refractivity contribution is 7.97. The third kappa shape index (κ3) is 2.31. The highest BCUT2D eigenvalue weighted by Gasteiger charge is 1.98.